The molecule has 15 heavy (non-hydrogen) atoms. The van der Waals surface area contributed by atoms with Crippen LogP contribution in [0.4, 0.5) is 5.82 Å². The molecule has 3 heteroatoms. The first-order chi connectivity index (χ1) is 7.27. The molecule has 3 nitrogen and oxygen atoms in total. The van der Waals surface area contributed by atoms with E-state index in [0.717, 1.165) is 22.9 Å². The summed E-state index contributed by atoms with van der Waals surface area (Å²) in [7, 11) is 0. The van der Waals surface area contributed by atoms with E-state index in [1.165, 1.54) is 5.56 Å². The van der Waals surface area contributed by atoms with Crippen LogP contribution >= 0.6 is 0 Å². The molecule has 0 aliphatic carbocycles. The normalized spacial score (nSPS) is 11.1. The summed E-state index contributed by atoms with van der Waals surface area (Å²) in [6, 6.07) is 6.18. The average Bonchev–Trinajstić information content (AvgIpc) is 2.56. The number of aromatic nitrogens is 1. The van der Waals surface area contributed by atoms with Crippen molar-refractivity contribution in [3.8, 4) is 0 Å². The van der Waals surface area contributed by atoms with Crippen molar-refractivity contribution in [2.45, 2.75) is 19.8 Å². The molecule has 1 aromatic carbocycles. The van der Waals surface area contributed by atoms with Gasteiger partial charge in [0.1, 0.15) is 5.82 Å². The van der Waals surface area contributed by atoms with Crippen LogP contribution in [0.5, 0.6) is 0 Å². The van der Waals surface area contributed by atoms with E-state index in [4.69, 9.17) is 10.8 Å². The van der Waals surface area contributed by atoms with Crippen molar-refractivity contribution in [1.82, 2.24) is 4.98 Å². The van der Waals surface area contributed by atoms with Gasteiger partial charge in [-0.1, -0.05) is 25.1 Å². The van der Waals surface area contributed by atoms with Crippen LogP contribution in [0.1, 0.15) is 18.1 Å². The Morgan fingerprint density at radius 2 is 2.20 bits per heavy atom. The van der Waals surface area contributed by atoms with Gasteiger partial charge in [-0.3, -0.25) is 0 Å². The molecule has 4 N–H and O–H groups in total. The zero-order valence-corrected chi connectivity index (χ0v) is 8.88. The van der Waals surface area contributed by atoms with Gasteiger partial charge >= 0.3 is 0 Å². The van der Waals surface area contributed by atoms with Crippen LogP contribution in [0, 0.1) is 0 Å². The Bertz CT molecular complexity index is 474. The standard InChI is InChI=1S/C12H16N2O/c1-2-8-4-3-5-9-10(6-7-15)12(13)14-11(8)9/h3-5,14-15H,2,6-7,13H2,1H3. The summed E-state index contributed by atoms with van der Waals surface area (Å²) in [5.41, 5.74) is 9.31. The lowest BCUT2D eigenvalue weighted by Crippen LogP contribution is -1.94. The molecule has 0 spiro atoms. The number of aliphatic hydroxyl groups is 1. The zero-order valence-electron chi connectivity index (χ0n) is 8.88. The van der Waals surface area contributed by atoms with Crippen molar-refractivity contribution < 1.29 is 5.11 Å². The van der Waals surface area contributed by atoms with Gasteiger partial charge in [-0.2, -0.15) is 0 Å². The highest BCUT2D eigenvalue weighted by atomic mass is 16.2. The molecule has 0 saturated heterocycles. The largest absolute Gasteiger partial charge is 0.396 e. The topological polar surface area (TPSA) is 62.0 Å². The van der Waals surface area contributed by atoms with E-state index in [1.807, 2.05) is 12.1 Å². The van der Waals surface area contributed by atoms with E-state index in [9.17, 15) is 0 Å². The molecule has 0 aliphatic rings. The van der Waals surface area contributed by atoms with E-state index in [0.29, 0.717) is 12.2 Å². The summed E-state index contributed by atoms with van der Waals surface area (Å²) in [4.78, 5) is 3.20. The van der Waals surface area contributed by atoms with Crippen molar-refractivity contribution in [3.05, 3.63) is 29.3 Å². The monoisotopic (exact) mass is 204 g/mol. The highest BCUT2D eigenvalue weighted by molar-refractivity contribution is 5.90. The summed E-state index contributed by atoms with van der Waals surface area (Å²) < 4.78 is 0. The maximum Gasteiger partial charge on any atom is 0.105 e. The van der Waals surface area contributed by atoms with Gasteiger partial charge in [0.05, 0.1) is 5.52 Å². The third-order valence-electron chi connectivity index (χ3n) is 2.80. The lowest BCUT2D eigenvalue weighted by Gasteiger charge is -1.99. The van der Waals surface area contributed by atoms with Crippen molar-refractivity contribution in [2.75, 3.05) is 12.3 Å². The van der Waals surface area contributed by atoms with Gasteiger partial charge < -0.3 is 15.8 Å². The molecular formula is C12H16N2O. The molecule has 2 rings (SSSR count). The Morgan fingerprint density at radius 1 is 1.40 bits per heavy atom. The average molecular weight is 204 g/mol. The van der Waals surface area contributed by atoms with Crippen LogP contribution in [0.2, 0.25) is 0 Å². The summed E-state index contributed by atoms with van der Waals surface area (Å²) in [6.07, 6.45) is 1.59. The van der Waals surface area contributed by atoms with Gasteiger partial charge in [0, 0.05) is 17.6 Å². The van der Waals surface area contributed by atoms with Crippen LogP contribution in [0.25, 0.3) is 10.9 Å². The van der Waals surface area contributed by atoms with Gasteiger partial charge in [-0.25, -0.2) is 0 Å². The predicted octanol–water partition coefficient (Wildman–Crippen LogP) is 1.85. The summed E-state index contributed by atoms with van der Waals surface area (Å²) in [5.74, 6) is 0.681. The second-order valence-electron chi connectivity index (χ2n) is 3.68. The molecule has 0 amide bonds. The Kier molecular flexibility index (Phi) is 2.64. The van der Waals surface area contributed by atoms with Gasteiger partial charge in [-0.05, 0) is 18.4 Å². The molecule has 1 heterocycles. The molecular weight excluding hydrogens is 188 g/mol. The lowest BCUT2D eigenvalue weighted by molar-refractivity contribution is 0.300. The summed E-state index contributed by atoms with van der Waals surface area (Å²) in [5, 5.41) is 10.1. The summed E-state index contributed by atoms with van der Waals surface area (Å²) >= 11 is 0. The third kappa shape index (κ3) is 1.59. The quantitative estimate of drug-likeness (QED) is 0.714. The number of fused-ring (bicyclic) bond motifs is 1. The van der Waals surface area contributed by atoms with E-state index in [-0.39, 0.29) is 6.61 Å². The van der Waals surface area contributed by atoms with Crippen molar-refractivity contribution >= 4 is 16.7 Å². The van der Waals surface area contributed by atoms with Crippen LogP contribution in [-0.4, -0.2) is 16.7 Å². The molecule has 0 fully saturated rings. The number of aromatic amines is 1. The van der Waals surface area contributed by atoms with Gasteiger partial charge in [-0.15, -0.1) is 0 Å². The Balaban J connectivity index is 2.67. The van der Waals surface area contributed by atoms with Crippen LogP contribution in [0.3, 0.4) is 0 Å². The number of hydrogen-bond donors (Lipinski definition) is 3. The van der Waals surface area contributed by atoms with Crippen molar-refractivity contribution in [2.24, 2.45) is 0 Å². The number of benzene rings is 1. The Morgan fingerprint density at radius 3 is 2.87 bits per heavy atom. The van der Waals surface area contributed by atoms with Gasteiger partial charge in [0.2, 0.25) is 0 Å². The zero-order chi connectivity index (χ0) is 10.8. The van der Waals surface area contributed by atoms with E-state index in [1.54, 1.807) is 0 Å². The number of rotatable bonds is 3. The maximum atomic E-state index is 8.98. The van der Waals surface area contributed by atoms with Crippen LogP contribution in [-0.2, 0) is 12.8 Å². The molecule has 0 bridgehead atoms. The molecule has 0 saturated carbocycles. The molecule has 80 valence electrons. The minimum atomic E-state index is 0.132. The van der Waals surface area contributed by atoms with Crippen LogP contribution in [0.15, 0.2) is 18.2 Å². The van der Waals surface area contributed by atoms with E-state index in [2.05, 4.69) is 18.0 Å². The van der Waals surface area contributed by atoms with Gasteiger partial charge in [0.25, 0.3) is 0 Å². The number of para-hydroxylation sites is 1. The number of hydrogen-bond acceptors (Lipinski definition) is 2. The smallest absolute Gasteiger partial charge is 0.105 e. The third-order valence-corrected chi connectivity index (χ3v) is 2.80. The number of H-pyrrole nitrogens is 1. The molecule has 2 aromatic rings. The predicted molar refractivity (Wildman–Crippen MR) is 62.9 cm³/mol. The van der Waals surface area contributed by atoms with Crippen LogP contribution < -0.4 is 5.73 Å². The maximum absolute atomic E-state index is 8.98. The minimum absolute atomic E-state index is 0.132. The molecule has 0 unspecified atom stereocenters. The second-order valence-corrected chi connectivity index (χ2v) is 3.68. The SMILES string of the molecule is CCc1cccc2c(CCO)c(N)[nH]c12. The minimum Gasteiger partial charge on any atom is -0.396 e. The summed E-state index contributed by atoms with van der Waals surface area (Å²) in [6.45, 7) is 2.25. The number of nitrogens with one attached hydrogen (secondary N) is 1. The number of anilines is 1. The Hall–Kier alpha value is -1.48. The van der Waals surface area contributed by atoms with Crippen molar-refractivity contribution in [1.29, 1.82) is 0 Å². The first-order valence-electron chi connectivity index (χ1n) is 5.26. The second kappa shape index (κ2) is 3.95. The lowest BCUT2D eigenvalue weighted by atomic mass is 10.1. The molecule has 0 atom stereocenters. The highest BCUT2D eigenvalue weighted by Crippen LogP contribution is 2.27. The molecule has 0 radical (unpaired) electrons. The highest BCUT2D eigenvalue weighted by Gasteiger charge is 2.10. The van der Waals surface area contributed by atoms with E-state index >= 15 is 0 Å². The fourth-order valence-corrected chi connectivity index (χ4v) is 2.03. The Labute approximate surface area is 88.9 Å². The molecule has 1 aromatic heterocycles. The first kappa shape index (κ1) is 10.1. The van der Waals surface area contributed by atoms with E-state index < -0.39 is 0 Å². The number of aryl methyl sites for hydroxylation is 1. The fraction of sp³-hybridized carbons (Fsp3) is 0.333. The number of nitrogens with two attached hydrogens (primary N) is 1. The first-order valence-corrected chi connectivity index (χ1v) is 5.26. The van der Waals surface area contributed by atoms with Crippen molar-refractivity contribution in [3.63, 3.8) is 0 Å². The fourth-order valence-electron chi connectivity index (χ4n) is 2.03. The number of nitrogen functional groups attached to an aromatic ring is 1. The molecule has 0 aliphatic heterocycles. The number of aliphatic hydroxyl groups excluding tert-OH is 1. The van der Waals surface area contributed by atoms with Gasteiger partial charge in [0.15, 0.2) is 0 Å².